The van der Waals surface area contributed by atoms with Gasteiger partial charge in [-0.3, -0.25) is 14.5 Å². The van der Waals surface area contributed by atoms with E-state index in [0.29, 0.717) is 11.3 Å². The summed E-state index contributed by atoms with van der Waals surface area (Å²) in [6.07, 6.45) is 0. The third-order valence-electron chi connectivity index (χ3n) is 6.28. The summed E-state index contributed by atoms with van der Waals surface area (Å²) in [5, 5.41) is 13.3. The van der Waals surface area contributed by atoms with Crippen LogP contribution in [0.1, 0.15) is 28.3 Å². The molecular weight excluding hydrogens is 410 g/mol. The highest BCUT2D eigenvalue weighted by Gasteiger charge is 2.47. The smallest absolute Gasteiger partial charge is 0.300 e. The molecular formula is C29H23NO3. The van der Waals surface area contributed by atoms with Gasteiger partial charge in [-0.25, -0.2) is 0 Å². The van der Waals surface area contributed by atoms with Gasteiger partial charge in [0.25, 0.3) is 11.7 Å². The minimum atomic E-state index is -0.729. The number of aliphatic hydroxyl groups excluding tert-OH is 1. The van der Waals surface area contributed by atoms with Crippen LogP contribution in [0.2, 0.25) is 0 Å². The van der Waals surface area contributed by atoms with E-state index in [0.717, 1.165) is 27.5 Å². The summed E-state index contributed by atoms with van der Waals surface area (Å²) < 4.78 is 0. The second kappa shape index (κ2) is 8.06. The predicted molar refractivity (Wildman–Crippen MR) is 131 cm³/mol. The summed E-state index contributed by atoms with van der Waals surface area (Å²) in [6, 6.07) is 27.7. The molecule has 4 nitrogen and oxygen atoms in total. The number of ketones is 1. The van der Waals surface area contributed by atoms with Crippen molar-refractivity contribution in [1.82, 2.24) is 0 Å². The second-order valence-electron chi connectivity index (χ2n) is 8.39. The van der Waals surface area contributed by atoms with E-state index < -0.39 is 17.7 Å². The molecule has 1 atom stereocenters. The maximum atomic E-state index is 13.4. The molecule has 0 bridgehead atoms. The average Bonchev–Trinajstić information content (AvgIpc) is 3.09. The van der Waals surface area contributed by atoms with Crippen molar-refractivity contribution < 1.29 is 14.7 Å². The van der Waals surface area contributed by atoms with Crippen molar-refractivity contribution in [2.24, 2.45) is 0 Å². The zero-order valence-electron chi connectivity index (χ0n) is 18.4. The van der Waals surface area contributed by atoms with Gasteiger partial charge in [-0.2, -0.15) is 0 Å². The van der Waals surface area contributed by atoms with Gasteiger partial charge >= 0.3 is 0 Å². The van der Waals surface area contributed by atoms with Crippen LogP contribution >= 0.6 is 0 Å². The molecule has 4 aromatic rings. The van der Waals surface area contributed by atoms with E-state index in [9.17, 15) is 14.7 Å². The molecule has 1 unspecified atom stereocenters. The van der Waals surface area contributed by atoms with Crippen LogP contribution in [0.3, 0.4) is 0 Å². The fraction of sp³-hybridized carbons (Fsp3) is 0.103. The van der Waals surface area contributed by atoms with E-state index in [4.69, 9.17) is 0 Å². The Bertz CT molecular complexity index is 1430. The molecule has 5 rings (SSSR count). The lowest BCUT2D eigenvalue weighted by atomic mass is 9.91. The number of carbonyl (C=O) groups is 2. The molecule has 0 spiro atoms. The Labute approximate surface area is 192 Å². The van der Waals surface area contributed by atoms with E-state index in [-0.39, 0.29) is 11.3 Å². The third kappa shape index (κ3) is 3.40. The van der Waals surface area contributed by atoms with Crippen LogP contribution in [-0.2, 0) is 9.59 Å². The first-order valence-electron chi connectivity index (χ1n) is 10.9. The lowest BCUT2D eigenvalue weighted by Crippen LogP contribution is -2.29. The van der Waals surface area contributed by atoms with Gasteiger partial charge in [0, 0.05) is 11.3 Å². The number of nitrogens with zero attached hydrogens (tertiary/aromatic N) is 1. The summed E-state index contributed by atoms with van der Waals surface area (Å²) in [6.45, 7) is 3.92. The lowest BCUT2D eigenvalue weighted by molar-refractivity contribution is -0.132. The van der Waals surface area contributed by atoms with Crippen molar-refractivity contribution in [3.63, 3.8) is 0 Å². The summed E-state index contributed by atoms with van der Waals surface area (Å²) in [5.74, 6) is -1.49. The molecule has 33 heavy (non-hydrogen) atoms. The monoisotopic (exact) mass is 433 g/mol. The second-order valence-corrected chi connectivity index (χ2v) is 8.39. The van der Waals surface area contributed by atoms with E-state index in [1.165, 1.54) is 4.90 Å². The Morgan fingerprint density at radius 2 is 1.45 bits per heavy atom. The van der Waals surface area contributed by atoms with Gasteiger partial charge < -0.3 is 5.11 Å². The van der Waals surface area contributed by atoms with Crippen molar-refractivity contribution in [3.05, 3.63) is 119 Å². The van der Waals surface area contributed by atoms with Gasteiger partial charge in [-0.1, -0.05) is 84.4 Å². The van der Waals surface area contributed by atoms with Crippen LogP contribution in [0, 0.1) is 13.8 Å². The standard InChI is InChI=1S/C29H23NO3/c1-18-14-16-21(17-15-18)30-26(22-11-5-3-8-19(22)2)25(28(32)29(30)33)27(31)24-13-7-10-20-9-4-6-12-23(20)24/h3-17,26,31H,1-2H3/b27-25+. The number of Topliss-reactive ketones (excluding diaryl/α,β-unsaturated/α-hetero) is 1. The number of fused-ring (bicyclic) bond motifs is 1. The Morgan fingerprint density at radius 3 is 2.21 bits per heavy atom. The number of amides is 1. The van der Waals surface area contributed by atoms with Gasteiger partial charge in [0.15, 0.2) is 0 Å². The van der Waals surface area contributed by atoms with Gasteiger partial charge in [0.1, 0.15) is 5.76 Å². The molecule has 0 aliphatic carbocycles. The van der Waals surface area contributed by atoms with Crippen molar-refractivity contribution in [1.29, 1.82) is 0 Å². The van der Waals surface area contributed by atoms with Crippen molar-refractivity contribution in [2.45, 2.75) is 19.9 Å². The summed E-state index contributed by atoms with van der Waals surface area (Å²) in [4.78, 5) is 28.2. The molecule has 4 heteroatoms. The molecule has 1 N–H and O–H groups in total. The number of rotatable bonds is 3. The normalized spacial score (nSPS) is 17.6. The topological polar surface area (TPSA) is 57.6 Å². The highest BCUT2D eigenvalue weighted by molar-refractivity contribution is 6.51. The number of hydrogen-bond donors (Lipinski definition) is 1. The van der Waals surface area contributed by atoms with Crippen LogP contribution in [0.5, 0.6) is 0 Å². The minimum absolute atomic E-state index is 0.103. The number of aryl methyl sites for hydroxylation is 2. The van der Waals surface area contributed by atoms with Gasteiger partial charge in [-0.15, -0.1) is 0 Å². The average molecular weight is 434 g/mol. The first-order valence-corrected chi connectivity index (χ1v) is 10.9. The summed E-state index contributed by atoms with van der Waals surface area (Å²) in [5.41, 5.74) is 4.05. The fourth-order valence-electron chi connectivity index (χ4n) is 4.57. The van der Waals surface area contributed by atoms with Crippen molar-refractivity contribution in [3.8, 4) is 0 Å². The van der Waals surface area contributed by atoms with Gasteiger partial charge in [0.2, 0.25) is 0 Å². The van der Waals surface area contributed by atoms with Crippen molar-refractivity contribution in [2.75, 3.05) is 4.90 Å². The molecule has 1 amide bonds. The highest BCUT2D eigenvalue weighted by atomic mass is 16.3. The summed E-state index contributed by atoms with van der Waals surface area (Å²) in [7, 11) is 0. The molecule has 0 saturated carbocycles. The number of hydrogen-bond acceptors (Lipinski definition) is 3. The summed E-state index contributed by atoms with van der Waals surface area (Å²) >= 11 is 0. The Morgan fingerprint density at radius 1 is 0.788 bits per heavy atom. The van der Waals surface area contributed by atoms with Crippen LogP contribution in [0.15, 0.2) is 96.6 Å². The van der Waals surface area contributed by atoms with Crippen LogP contribution in [0.25, 0.3) is 16.5 Å². The minimum Gasteiger partial charge on any atom is -0.507 e. The zero-order chi connectivity index (χ0) is 23.1. The zero-order valence-corrected chi connectivity index (χ0v) is 18.4. The molecule has 1 saturated heterocycles. The predicted octanol–water partition coefficient (Wildman–Crippen LogP) is 6.08. The fourth-order valence-corrected chi connectivity index (χ4v) is 4.57. The molecule has 162 valence electrons. The SMILES string of the molecule is Cc1ccc(N2C(=O)C(=O)/C(=C(/O)c3cccc4ccccc34)C2c2ccccc2C)cc1. The van der Waals surface area contributed by atoms with Crippen LogP contribution in [0.4, 0.5) is 5.69 Å². The highest BCUT2D eigenvalue weighted by Crippen LogP contribution is 2.43. The Balaban J connectivity index is 1.79. The maximum Gasteiger partial charge on any atom is 0.300 e. The molecule has 1 fully saturated rings. The lowest BCUT2D eigenvalue weighted by Gasteiger charge is -2.26. The number of benzene rings is 4. The number of carbonyl (C=O) groups excluding carboxylic acids is 2. The Hall–Kier alpha value is -4.18. The van der Waals surface area contributed by atoms with E-state index >= 15 is 0 Å². The molecule has 1 aliphatic heterocycles. The molecule has 1 aliphatic rings. The third-order valence-corrected chi connectivity index (χ3v) is 6.28. The number of anilines is 1. The molecule has 0 radical (unpaired) electrons. The maximum absolute atomic E-state index is 13.4. The Kier molecular flexibility index (Phi) is 5.06. The molecule has 4 aromatic carbocycles. The molecule has 0 aromatic heterocycles. The number of aliphatic hydroxyl groups is 1. The first-order chi connectivity index (χ1) is 16.0. The quantitative estimate of drug-likeness (QED) is 0.242. The van der Waals surface area contributed by atoms with Crippen LogP contribution < -0.4 is 4.90 Å². The van der Waals surface area contributed by atoms with E-state index in [2.05, 4.69) is 0 Å². The van der Waals surface area contributed by atoms with Crippen LogP contribution in [-0.4, -0.2) is 16.8 Å². The van der Waals surface area contributed by atoms with Gasteiger partial charge in [0.05, 0.1) is 11.6 Å². The van der Waals surface area contributed by atoms with Crippen molar-refractivity contribution >= 4 is 33.9 Å². The van der Waals surface area contributed by atoms with Gasteiger partial charge in [-0.05, 0) is 47.9 Å². The largest absolute Gasteiger partial charge is 0.507 e. The molecule has 1 heterocycles. The first kappa shape index (κ1) is 20.7. The van der Waals surface area contributed by atoms with E-state index in [1.54, 1.807) is 6.07 Å². The van der Waals surface area contributed by atoms with E-state index in [1.807, 2.05) is 98.8 Å².